The van der Waals surface area contributed by atoms with Crippen molar-refractivity contribution in [3.05, 3.63) is 58.1 Å². The summed E-state index contributed by atoms with van der Waals surface area (Å²) in [5.41, 5.74) is 1.17. The Hall–Kier alpha value is -1.92. The first-order valence-electron chi connectivity index (χ1n) is 9.05. The molecule has 0 amide bonds. The number of carbonyl (C=O) groups excluding carboxylic acids is 2. The fourth-order valence-electron chi connectivity index (χ4n) is 3.91. The average Bonchev–Trinajstić information content (AvgIpc) is 2.93. The maximum atomic E-state index is 13.3. The minimum atomic E-state index is -1.09. The second-order valence-electron chi connectivity index (χ2n) is 7.07. The SMILES string of the molecule is CON1CCC2(CC1)OC(=O)C(c1cc(-c3ccc(Cl)cc3)ccc1Cl)C2=O. The number of hydrogen-bond acceptors (Lipinski definition) is 5. The highest BCUT2D eigenvalue weighted by atomic mass is 35.5. The van der Waals surface area contributed by atoms with Gasteiger partial charge in [-0.15, -0.1) is 0 Å². The summed E-state index contributed by atoms with van der Waals surface area (Å²) in [4.78, 5) is 31.2. The van der Waals surface area contributed by atoms with E-state index in [-0.39, 0.29) is 5.78 Å². The zero-order chi connectivity index (χ0) is 19.9. The number of nitrogens with zero attached hydrogens (tertiary/aromatic N) is 1. The zero-order valence-electron chi connectivity index (χ0n) is 15.3. The second kappa shape index (κ2) is 7.48. The van der Waals surface area contributed by atoms with Crippen LogP contribution in [0.2, 0.25) is 10.0 Å². The molecule has 28 heavy (non-hydrogen) atoms. The number of hydrogen-bond donors (Lipinski definition) is 0. The van der Waals surface area contributed by atoms with Crippen LogP contribution in [0.1, 0.15) is 24.3 Å². The fraction of sp³-hybridized carbons (Fsp3) is 0.333. The number of halogens is 2. The van der Waals surface area contributed by atoms with Gasteiger partial charge in [-0.1, -0.05) is 41.4 Å². The summed E-state index contributed by atoms with van der Waals surface area (Å²) in [6.45, 7) is 1.06. The van der Waals surface area contributed by atoms with E-state index in [4.69, 9.17) is 32.8 Å². The van der Waals surface area contributed by atoms with Crippen LogP contribution < -0.4 is 0 Å². The van der Waals surface area contributed by atoms with Crippen molar-refractivity contribution in [2.24, 2.45) is 0 Å². The van der Waals surface area contributed by atoms with Crippen molar-refractivity contribution >= 4 is 35.0 Å². The van der Waals surface area contributed by atoms with Gasteiger partial charge >= 0.3 is 5.97 Å². The minimum absolute atomic E-state index is 0.219. The van der Waals surface area contributed by atoms with Gasteiger partial charge in [0.15, 0.2) is 11.4 Å². The number of hydroxylamine groups is 2. The second-order valence-corrected chi connectivity index (χ2v) is 7.91. The van der Waals surface area contributed by atoms with Crippen LogP contribution in [0.25, 0.3) is 11.1 Å². The molecule has 2 aromatic rings. The Kier molecular flexibility index (Phi) is 5.19. The summed E-state index contributed by atoms with van der Waals surface area (Å²) in [5, 5.41) is 2.77. The molecular formula is C21H19Cl2NO4. The monoisotopic (exact) mass is 419 g/mol. The van der Waals surface area contributed by atoms with Crippen molar-refractivity contribution < 1.29 is 19.2 Å². The molecule has 0 aromatic heterocycles. The number of rotatable bonds is 3. The van der Waals surface area contributed by atoms with Crippen molar-refractivity contribution in [2.75, 3.05) is 20.2 Å². The van der Waals surface area contributed by atoms with Gasteiger partial charge in [0.25, 0.3) is 0 Å². The predicted molar refractivity (Wildman–Crippen MR) is 106 cm³/mol. The van der Waals surface area contributed by atoms with Gasteiger partial charge in [0.05, 0.1) is 7.11 Å². The van der Waals surface area contributed by atoms with Gasteiger partial charge in [-0.25, -0.2) is 0 Å². The Bertz CT molecular complexity index is 921. The van der Waals surface area contributed by atoms with Crippen molar-refractivity contribution in [3.8, 4) is 11.1 Å². The molecule has 0 aliphatic carbocycles. The quantitative estimate of drug-likeness (QED) is 0.549. The zero-order valence-corrected chi connectivity index (χ0v) is 16.8. The first-order valence-corrected chi connectivity index (χ1v) is 9.81. The molecule has 2 aromatic carbocycles. The summed E-state index contributed by atoms with van der Waals surface area (Å²) in [7, 11) is 1.59. The highest BCUT2D eigenvalue weighted by molar-refractivity contribution is 6.32. The summed E-state index contributed by atoms with van der Waals surface area (Å²) in [5.74, 6) is -1.76. The lowest BCUT2D eigenvalue weighted by molar-refractivity contribution is -0.184. The predicted octanol–water partition coefficient (Wildman–Crippen LogP) is 4.27. The van der Waals surface area contributed by atoms with Crippen molar-refractivity contribution in [2.45, 2.75) is 24.4 Å². The van der Waals surface area contributed by atoms with Crippen molar-refractivity contribution in [1.82, 2.24) is 5.06 Å². The highest BCUT2D eigenvalue weighted by Crippen LogP contribution is 2.43. The number of benzene rings is 2. The first-order chi connectivity index (χ1) is 13.4. The number of esters is 1. The van der Waals surface area contributed by atoms with Crippen LogP contribution in [0.3, 0.4) is 0 Å². The molecule has 7 heteroatoms. The van der Waals surface area contributed by atoms with Crippen LogP contribution in [-0.2, 0) is 19.2 Å². The maximum absolute atomic E-state index is 13.3. The van der Waals surface area contributed by atoms with Crippen LogP contribution in [0.4, 0.5) is 0 Å². The lowest BCUT2D eigenvalue weighted by Crippen LogP contribution is -2.48. The average molecular weight is 420 g/mol. The lowest BCUT2D eigenvalue weighted by Gasteiger charge is -2.35. The van der Waals surface area contributed by atoms with Gasteiger partial charge in [0.1, 0.15) is 5.92 Å². The van der Waals surface area contributed by atoms with Gasteiger partial charge in [-0.05, 0) is 41.0 Å². The van der Waals surface area contributed by atoms with Crippen LogP contribution in [-0.4, -0.2) is 42.6 Å². The van der Waals surface area contributed by atoms with Crippen LogP contribution in [0.5, 0.6) is 0 Å². The molecule has 0 bridgehead atoms. The third kappa shape index (κ3) is 3.33. The number of Topliss-reactive ketones (excluding diaryl/α,β-unsaturated/α-hetero) is 1. The molecule has 2 heterocycles. The van der Waals surface area contributed by atoms with Gasteiger partial charge in [0, 0.05) is 36.0 Å². The fourth-order valence-corrected chi connectivity index (χ4v) is 4.26. The summed E-state index contributed by atoms with van der Waals surface area (Å²) < 4.78 is 5.63. The van der Waals surface area contributed by atoms with E-state index in [1.54, 1.807) is 36.4 Å². The Balaban J connectivity index is 1.67. The molecule has 2 fully saturated rings. The number of carbonyl (C=O) groups is 2. The Morgan fingerprint density at radius 2 is 1.68 bits per heavy atom. The summed E-state index contributed by atoms with van der Waals surface area (Å²) in [6.07, 6.45) is 0.826. The highest BCUT2D eigenvalue weighted by Gasteiger charge is 2.57. The summed E-state index contributed by atoms with van der Waals surface area (Å²) in [6, 6.07) is 12.7. The third-order valence-corrected chi connectivity index (χ3v) is 6.11. The Morgan fingerprint density at radius 1 is 1.04 bits per heavy atom. The van der Waals surface area contributed by atoms with E-state index in [0.29, 0.717) is 41.5 Å². The van der Waals surface area contributed by atoms with E-state index in [1.807, 2.05) is 18.2 Å². The van der Waals surface area contributed by atoms with E-state index < -0.39 is 17.5 Å². The molecule has 2 saturated heterocycles. The minimum Gasteiger partial charge on any atom is -0.450 e. The maximum Gasteiger partial charge on any atom is 0.322 e. The molecule has 0 radical (unpaired) electrons. The largest absolute Gasteiger partial charge is 0.450 e. The van der Waals surface area contributed by atoms with Crippen LogP contribution in [0, 0.1) is 0 Å². The van der Waals surface area contributed by atoms with E-state index in [9.17, 15) is 9.59 Å². The first kappa shape index (κ1) is 19.4. The molecule has 1 atom stereocenters. The lowest BCUT2D eigenvalue weighted by atomic mass is 9.81. The van der Waals surface area contributed by atoms with Gasteiger partial charge < -0.3 is 9.57 Å². The standard InChI is InChI=1S/C21H19Cl2NO4/c1-27-24-10-8-21(9-11-24)19(25)18(20(26)28-21)16-12-14(4-7-17(16)23)13-2-5-15(22)6-3-13/h2-7,12,18H,8-11H2,1H3. The molecule has 5 nitrogen and oxygen atoms in total. The van der Waals surface area contributed by atoms with Gasteiger partial charge in [-0.3, -0.25) is 9.59 Å². The molecule has 1 unspecified atom stereocenters. The topological polar surface area (TPSA) is 55.8 Å². The van der Waals surface area contributed by atoms with E-state index >= 15 is 0 Å². The Labute approximate surface area is 173 Å². The molecule has 1 spiro atoms. The molecule has 2 aliphatic rings. The van der Waals surface area contributed by atoms with E-state index in [0.717, 1.165) is 11.1 Å². The van der Waals surface area contributed by atoms with Gasteiger partial charge in [-0.2, -0.15) is 5.06 Å². The van der Waals surface area contributed by atoms with Gasteiger partial charge in [0.2, 0.25) is 0 Å². The molecule has 0 N–H and O–H groups in total. The van der Waals surface area contributed by atoms with E-state index in [2.05, 4.69) is 0 Å². The summed E-state index contributed by atoms with van der Waals surface area (Å²) >= 11 is 12.3. The normalized spacial score (nSPS) is 21.9. The Morgan fingerprint density at radius 3 is 2.32 bits per heavy atom. The van der Waals surface area contributed by atoms with E-state index in [1.165, 1.54) is 0 Å². The third-order valence-electron chi connectivity index (χ3n) is 5.52. The number of ketones is 1. The van der Waals surface area contributed by atoms with Crippen LogP contribution in [0.15, 0.2) is 42.5 Å². The van der Waals surface area contributed by atoms with Crippen LogP contribution >= 0.6 is 23.2 Å². The molecule has 4 rings (SSSR count). The molecular weight excluding hydrogens is 401 g/mol. The van der Waals surface area contributed by atoms with Crippen molar-refractivity contribution in [3.63, 3.8) is 0 Å². The van der Waals surface area contributed by atoms with Crippen molar-refractivity contribution in [1.29, 1.82) is 0 Å². The molecule has 2 aliphatic heterocycles. The molecule has 146 valence electrons. The smallest absolute Gasteiger partial charge is 0.322 e. The molecule has 0 saturated carbocycles. The number of ether oxygens (including phenoxy) is 1. The number of piperidine rings is 1.